The number of halogens is 2. The van der Waals surface area contributed by atoms with Gasteiger partial charge in [0.15, 0.2) is 11.5 Å². The summed E-state index contributed by atoms with van der Waals surface area (Å²) in [5.74, 6) is 2.21. The number of methoxy groups -OCH3 is 2. The molecule has 1 unspecified atom stereocenters. The highest BCUT2D eigenvalue weighted by atomic mass is 35.5. The maximum Gasteiger partial charge on any atom is 0.210 e. The van der Waals surface area contributed by atoms with E-state index in [0.29, 0.717) is 29.7 Å². The number of ether oxygens (including phenoxy) is 4. The number of carbonyl (C=O) groups is 1. The lowest BCUT2D eigenvalue weighted by atomic mass is 9.92. The SMILES string of the molecule is COc1cc(C2c3[nH]c4ccc(Cl)cc4c3CCN2C=O)ccc1OCCCN1CCOCC1.COc1ccc(Cl)cc1. The van der Waals surface area contributed by atoms with Gasteiger partial charge in [0.1, 0.15) is 5.75 Å². The molecule has 10 heteroatoms. The predicted octanol–water partition coefficient (Wildman–Crippen LogP) is 6.38. The van der Waals surface area contributed by atoms with Gasteiger partial charge in [0, 0.05) is 52.8 Å². The summed E-state index contributed by atoms with van der Waals surface area (Å²) in [6.45, 7) is 5.82. The molecule has 4 aromatic rings. The number of benzene rings is 3. The quantitative estimate of drug-likeness (QED) is 0.172. The summed E-state index contributed by atoms with van der Waals surface area (Å²) in [6, 6.07) is 18.8. The molecule has 2 aliphatic rings. The third-order valence-corrected chi connectivity index (χ3v) is 8.28. The van der Waals surface area contributed by atoms with E-state index < -0.39 is 0 Å². The number of hydrogen-bond donors (Lipinski definition) is 1. The van der Waals surface area contributed by atoms with Crippen LogP contribution in [-0.2, 0) is 16.0 Å². The topological polar surface area (TPSA) is 76.3 Å². The van der Waals surface area contributed by atoms with Crippen LogP contribution in [0.4, 0.5) is 0 Å². The molecule has 6 rings (SSSR count). The second-order valence-corrected chi connectivity index (χ2v) is 11.3. The van der Waals surface area contributed by atoms with Crippen LogP contribution in [0.25, 0.3) is 10.9 Å². The van der Waals surface area contributed by atoms with Gasteiger partial charge >= 0.3 is 0 Å². The molecule has 2 aliphatic heterocycles. The minimum atomic E-state index is -0.225. The third-order valence-electron chi connectivity index (χ3n) is 7.79. The molecule has 1 atom stereocenters. The van der Waals surface area contributed by atoms with Crippen LogP contribution in [0.1, 0.15) is 29.3 Å². The van der Waals surface area contributed by atoms with Crippen molar-refractivity contribution < 1.29 is 23.7 Å². The number of rotatable bonds is 9. The number of carbonyl (C=O) groups excluding carboxylic acids is 1. The first kappa shape index (κ1) is 31.0. The van der Waals surface area contributed by atoms with E-state index >= 15 is 0 Å². The van der Waals surface area contributed by atoms with Crippen LogP contribution in [0.2, 0.25) is 10.0 Å². The Morgan fingerprint density at radius 1 is 0.930 bits per heavy atom. The number of amides is 1. The van der Waals surface area contributed by atoms with E-state index in [1.165, 1.54) is 5.56 Å². The van der Waals surface area contributed by atoms with Crippen LogP contribution in [0.5, 0.6) is 17.2 Å². The minimum Gasteiger partial charge on any atom is -0.497 e. The van der Waals surface area contributed by atoms with Crippen molar-refractivity contribution in [3.63, 3.8) is 0 Å². The van der Waals surface area contributed by atoms with Gasteiger partial charge in [0.05, 0.1) is 40.1 Å². The summed E-state index contributed by atoms with van der Waals surface area (Å²) >= 11 is 11.9. The summed E-state index contributed by atoms with van der Waals surface area (Å²) in [5.41, 5.74) is 4.24. The van der Waals surface area contributed by atoms with Gasteiger partial charge < -0.3 is 28.8 Å². The number of H-pyrrole nitrogens is 1. The molecule has 8 nitrogen and oxygen atoms in total. The Labute approximate surface area is 262 Å². The van der Waals surface area contributed by atoms with E-state index in [2.05, 4.69) is 9.88 Å². The molecule has 0 spiro atoms. The van der Waals surface area contributed by atoms with Crippen molar-refractivity contribution in [3.8, 4) is 17.2 Å². The van der Waals surface area contributed by atoms with Gasteiger partial charge in [0.2, 0.25) is 6.41 Å². The molecule has 0 bridgehead atoms. The highest BCUT2D eigenvalue weighted by Gasteiger charge is 2.31. The smallest absolute Gasteiger partial charge is 0.210 e. The van der Waals surface area contributed by atoms with E-state index in [1.807, 2.05) is 53.4 Å². The lowest BCUT2D eigenvalue weighted by molar-refractivity contribution is -0.120. The van der Waals surface area contributed by atoms with E-state index in [9.17, 15) is 4.79 Å². The highest BCUT2D eigenvalue weighted by molar-refractivity contribution is 6.31. The first-order valence-electron chi connectivity index (χ1n) is 14.4. The van der Waals surface area contributed by atoms with Gasteiger partial charge in [-0.3, -0.25) is 9.69 Å². The molecule has 1 fully saturated rings. The summed E-state index contributed by atoms with van der Waals surface area (Å²) in [6.07, 6.45) is 2.65. The third kappa shape index (κ3) is 7.57. The maximum atomic E-state index is 12.0. The predicted molar refractivity (Wildman–Crippen MR) is 170 cm³/mol. The molecule has 0 radical (unpaired) electrons. The average molecular weight is 627 g/mol. The standard InChI is InChI=1S/C26H30ClN3O4.C7H7ClO/c1-32-24-15-18(3-6-23(24)34-12-2-8-29-10-13-33-14-11-29)26-25-20(7-9-30(26)17-31)21-16-19(27)4-5-22(21)28-25;1-9-7-4-2-6(8)3-5-7/h3-6,15-17,26,28H,2,7-14H2,1H3;2-5H,1H3. The zero-order chi connectivity index (χ0) is 30.2. The lowest BCUT2D eigenvalue weighted by Crippen LogP contribution is -2.37. The zero-order valence-corrected chi connectivity index (χ0v) is 26.0. The molecule has 0 saturated carbocycles. The molecular weight excluding hydrogens is 589 g/mol. The van der Waals surface area contributed by atoms with Gasteiger partial charge in [-0.2, -0.15) is 0 Å². The largest absolute Gasteiger partial charge is 0.497 e. The second kappa shape index (κ2) is 14.8. The molecule has 1 amide bonds. The van der Waals surface area contributed by atoms with E-state index in [-0.39, 0.29) is 6.04 Å². The Hall–Kier alpha value is -3.43. The Bertz CT molecular complexity index is 1500. The molecular formula is C33H37Cl2N3O5. The first-order chi connectivity index (χ1) is 21.0. The van der Waals surface area contributed by atoms with Gasteiger partial charge in [-0.1, -0.05) is 29.3 Å². The number of aromatic nitrogens is 1. The van der Waals surface area contributed by atoms with Crippen LogP contribution in [0, 0.1) is 0 Å². The lowest BCUT2D eigenvalue weighted by Gasteiger charge is -2.33. The molecule has 43 heavy (non-hydrogen) atoms. The zero-order valence-electron chi connectivity index (χ0n) is 24.5. The first-order valence-corrected chi connectivity index (χ1v) is 15.2. The number of nitrogens with zero attached hydrogens (tertiary/aromatic N) is 2. The Balaban J connectivity index is 0.000000351. The summed E-state index contributed by atoms with van der Waals surface area (Å²) in [7, 11) is 3.28. The van der Waals surface area contributed by atoms with Crippen molar-refractivity contribution >= 4 is 40.5 Å². The highest BCUT2D eigenvalue weighted by Crippen LogP contribution is 2.40. The van der Waals surface area contributed by atoms with E-state index in [4.69, 9.17) is 42.1 Å². The molecule has 1 aromatic heterocycles. The Morgan fingerprint density at radius 3 is 2.42 bits per heavy atom. The summed E-state index contributed by atoms with van der Waals surface area (Å²) < 4.78 is 22.0. The molecule has 0 aliphatic carbocycles. The van der Waals surface area contributed by atoms with Crippen molar-refractivity contribution in [2.45, 2.75) is 18.9 Å². The van der Waals surface area contributed by atoms with E-state index in [0.717, 1.165) is 85.0 Å². The van der Waals surface area contributed by atoms with Gasteiger partial charge in [0.25, 0.3) is 0 Å². The van der Waals surface area contributed by atoms with Gasteiger partial charge in [-0.05, 0) is 78.6 Å². The van der Waals surface area contributed by atoms with Crippen LogP contribution in [0.3, 0.4) is 0 Å². The fraction of sp³-hybridized carbons (Fsp3) is 0.364. The van der Waals surface area contributed by atoms with Gasteiger partial charge in [-0.25, -0.2) is 0 Å². The maximum absolute atomic E-state index is 12.0. The summed E-state index contributed by atoms with van der Waals surface area (Å²) in [5, 5.41) is 2.56. The molecule has 228 valence electrons. The minimum absolute atomic E-state index is 0.225. The Kier molecular flexibility index (Phi) is 10.7. The monoisotopic (exact) mass is 625 g/mol. The second-order valence-electron chi connectivity index (χ2n) is 10.4. The number of nitrogens with one attached hydrogen (secondary N) is 1. The van der Waals surface area contributed by atoms with Gasteiger partial charge in [-0.15, -0.1) is 0 Å². The van der Waals surface area contributed by atoms with Crippen molar-refractivity contribution in [3.05, 3.63) is 87.5 Å². The fourth-order valence-corrected chi connectivity index (χ4v) is 5.89. The number of morpholine rings is 1. The van der Waals surface area contributed by atoms with Crippen molar-refractivity contribution in [2.24, 2.45) is 0 Å². The molecule has 3 aromatic carbocycles. The average Bonchev–Trinajstić information content (AvgIpc) is 3.41. The van der Waals surface area contributed by atoms with Crippen molar-refractivity contribution in [1.82, 2.24) is 14.8 Å². The molecule has 1 saturated heterocycles. The van der Waals surface area contributed by atoms with Crippen molar-refractivity contribution in [1.29, 1.82) is 0 Å². The van der Waals surface area contributed by atoms with Crippen molar-refractivity contribution in [2.75, 3.05) is 60.2 Å². The Morgan fingerprint density at radius 2 is 1.70 bits per heavy atom. The molecule has 3 heterocycles. The molecule has 1 N–H and O–H groups in total. The van der Waals surface area contributed by atoms with Crippen LogP contribution >= 0.6 is 23.2 Å². The fourth-order valence-electron chi connectivity index (χ4n) is 5.59. The number of hydrogen-bond acceptors (Lipinski definition) is 6. The van der Waals surface area contributed by atoms with E-state index in [1.54, 1.807) is 26.4 Å². The van der Waals surface area contributed by atoms with Crippen LogP contribution in [0.15, 0.2) is 60.7 Å². The van der Waals surface area contributed by atoms with Crippen LogP contribution < -0.4 is 14.2 Å². The number of aromatic amines is 1. The van der Waals surface area contributed by atoms with Crippen LogP contribution in [-0.4, -0.2) is 81.4 Å². The number of fused-ring (bicyclic) bond motifs is 3. The summed E-state index contributed by atoms with van der Waals surface area (Å²) in [4.78, 5) is 19.7. The normalized spacial score (nSPS) is 16.7.